The maximum atomic E-state index is 13.2. The first-order chi connectivity index (χ1) is 16.1. The Bertz CT molecular complexity index is 1310. The zero-order valence-corrected chi connectivity index (χ0v) is 18.8. The Morgan fingerprint density at radius 1 is 0.788 bits per heavy atom. The number of benzene rings is 4. The Kier molecular flexibility index (Phi) is 5.82. The molecule has 1 atom stereocenters. The fourth-order valence-electron chi connectivity index (χ4n) is 4.96. The van der Waals surface area contributed by atoms with Crippen LogP contribution >= 0.6 is 0 Å². The number of carbonyl (C=O) groups excluding carboxylic acids is 2. The topological polar surface area (TPSA) is 49.4 Å². The quantitative estimate of drug-likeness (QED) is 0.445. The van der Waals surface area contributed by atoms with Gasteiger partial charge in [0, 0.05) is 24.6 Å². The van der Waals surface area contributed by atoms with Crippen LogP contribution < -0.4 is 5.32 Å². The predicted molar refractivity (Wildman–Crippen MR) is 133 cm³/mol. The van der Waals surface area contributed by atoms with E-state index in [0.717, 1.165) is 21.9 Å². The van der Waals surface area contributed by atoms with Gasteiger partial charge in [-0.3, -0.25) is 9.59 Å². The summed E-state index contributed by atoms with van der Waals surface area (Å²) in [7, 11) is 0. The molecule has 1 aliphatic heterocycles. The number of likely N-dealkylation sites (tertiary alicyclic amines) is 1. The van der Waals surface area contributed by atoms with Crippen LogP contribution in [-0.4, -0.2) is 29.8 Å². The van der Waals surface area contributed by atoms with E-state index in [1.54, 1.807) is 0 Å². The highest BCUT2D eigenvalue weighted by atomic mass is 16.2. The molecule has 4 heteroatoms. The van der Waals surface area contributed by atoms with E-state index in [4.69, 9.17) is 0 Å². The van der Waals surface area contributed by atoms with Gasteiger partial charge in [-0.15, -0.1) is 0 Å². The van der Waals surface area contributed by atoms with Crippen LogP contribution in [0.5, 0.6) is 0 Å². The molecule has 0 spiro atoms. The van der Waals surface area contributed by atoms with Crippen molar-refractivity contribution < 1.29 is 9.59 Å². The summed E-state index contributed by atoms with van der Waals surface area (Å²) in [4.78, 5) is 28.1. The van der Waals surface area contributed by atoms with Gasteiger partial charge in [0.1, 0.15) is 0 Å². The van der Waals surface area contributed by atoms with E-state index in [9.17, 15) is 9.59 Å². The Morgan fingerprint density at radius 3 is 2.09 bits per heavy atom. The Morgan fingerprint density at radius 2 is 1.36 bits per heavy atom. The molecule has 2 amide bonds. The van der Waals surface area contributed by atoms with Crippen molar-refractivity contribution in [2.24, 2.45) is 5.92 Å². The highest BCUT2D eigenvalue weighted by Gasteiger charge is 2.29. The molecular formula is C29H28N2O2. The van der Waals surface area contributed by atoms with Crippen molar-refractivity contribution in [2.45, 2.75) is 25.8 Å². The van der Waals surface area contributed by atoms with Gasteiger partial charge < -0.3 is 10.2 Å². The van der Waals surface area contributed by atoms with Crippen LogP contribution in [0.2, 0.25) is 0 Å². The molecule has 1 saturated heterocycles. The highest BCUT2D eigenvalue weighted by Crippen LogP contribution is 2.27. The fourth-order valence-corrected chi connectivity index (χ4v) is 4.96. The maximum absolute atomic E-state index is 13.2. The molecule has 1 heterocycles. The van der Waals surface area contributed by atoms with Crippen LogP contribution in [0.1, 0.15) is 41.7 Å². The number of carbonyl (C=O) groups is 2. The summed E-state index contributed by atoms with van der Waals surface area (Å²) in [5.74, 6) is 0.0569. The van der Waals surface area contributed by atoms with Gasteiger partial charge in [0.25, 0.3) is 5.91 Å². The summed E-state index contributed by atoms with van der Waals surface area (Å²) in [6.45, 7) is 3.24. The van der Waals surface area contributed by atoms with E-state index in [0.29, 0.717) is 25.9 Å². The Balaban J connectivity index is 1.23. The van der Waals surface area contributed by atoms with Crippen LogP contribution in [0.15, 0.2) is 84.9 Å². The highest BCUT2D eigenvalue weighted by molar-refractivity contribution is 6.07. The number of hydrogen-bond acceptors (Lipinski definition) is 2. The van der Waals surface area contributed by atoms with Crippen molar-refractivity contribution in [3.05, 3.63) is 96.1 Å². The van der Waals surface area contributed by atoms with Crippen molar-refractivity contribution in [3.63, 3.8) is 0 Å². The zero-order chi connectivity index (χ0) is 22.8. The van der Waals surface area contributed by atoms with E-state index in [-0.39, 0.29) is 23.8 Å². The molecule has 5 rings (SSSR count). The van der Waals surface area contributed by atoms with E-state index in [1.165, 1.54) is 10.8 Å². The second-order valence-electron chi connectivity index (χ2n) is 8.89. The minimum atomic E-state index is -0.0704. The molecule has 1 fully saturated rings. The van der Waals surface area contributed by atoms with Crippen molar-refractivity contribution in [1.82, 2.24) is 10.2 Å². The fraction of sp³-hybridized carbons (Fsp3) is 0.241. The number of nitrogens with one attached hydrogen (secondary N) is 1. The maximum Gasteiger partial charge on any atom is 0.254 e. The average Bonchev–Trinajstić information content (AvgIpc) is 2.87. The molecule has 4 aromatic rings. The standard InChI is InChI=1S/C29H28N2O2/c1-20(24-14-6-10-21-8-2-4-12-25(21)24)30-28(32)23-16-18-31(19-17-23)29(33)27-15-7-11-22-9-3-5-13-26(22)27/h2-15,20,23H,16-19H2,1H3,(H,30,32). The molecule has 0 bridgehead atoms. The molecular weight excluding hydrogens is 408 g/mol. The molecule has 0 saturated carbocycles. The number of hydrogen-bond donors (Lipinski definition) is 1. The van der Waals surface area contributed by atoms with Gasteiger partial charge in [0.05, 0.1) is 6.04 Å². The second kappa shape index (κ2) is 9.07. The van der Waals surface area contributed by atoms with Crippen molar-refractivity contribution >= 4 is 33.4 Å². The van der Waals surface area contributed by atoms with E-state index in [2.05, 4.69) is 29.6 Å². The number of rotatable bonds is 4. The third kappa shape index (κ3) is 4.21. The minimum Gasteiger partial charge on any atom is -0.349 e. The summed E-state index contributed by atoms with van der Waals surface area (Å²) in [5, 5.41) is 7.61. The van der Waals surface area contributed by atoms with Crippen LogP contribution in [0.4, 0.5) is 0 Å². The van der Waals surface area contributed by atoms with Gasteiger partial charge >= 0.3 is 0 Å². The van der Waals surface area contributed by atoms with E-state index < -0.39 is 0 Å². The first kappa shape index (κ1) is 21.2. The lowest BCUT2D eigenvalue weighted by Gasteiger charge is -2.32. The Labute approximate surface area is 194 Å². The van der Waals surface area contributed by atoms with Gasteiger partial charge in [-0.25, -0.2) is 0 Å². The first-order valence-corrected chi connectivity index (χ1v) is 11.7. The lowest BCUT2D eigenvalue weighted by atomic mass is 9.93. The predicted octanol–water partition coefficient (Wildman–Crippen LogP) is 5.72. The molecule has 1 aliphatic rings. The van der Waals surface area contributed by atoms with Crippen LogP contribution in [-0.2, 0) is 4.79 Å². The van der Waals surface area contributed by atoms with Crippen molar-refractivity contribution in [3.8, 4) is 0 Å². The zero-order valence-electron chi connectivity index (χ0n) is 18.8. The van der Waals surface area contributed by atoms with Crippen molar-refractivity contribution in [2.75, 3.05) is 13.1 Å². The number of amides is 2. The third-order valence-corrected chi connectivity index (χ3v) is 6.82. The summed E-state index contributed by atoms with van der Waals surface area (Å²) < 4.78 is 0. The van der Waals surface area contributed by atoms with Crippen LogP contribution in [0.3, 0.4) is 0 Å². The summed E-state index contributed by atoms with van der Waals surface area (Å²) in [5.41, 5.74) is 1.87. The molecule has 0 aromatic heterocycles. The lowest BCUT2D eigenvalue weighted by Crippen LogP contribution is -2.43. The number of piperidine rings is 1. The van der Waals surface area contributed by atoms with Crippen LogP contribution in [0.25, 0.3) is 21.5 Å². The van der Waals surface area contributed by atoms with E-state index >= 15 is 0 Å². The average molecular weight is 437 g/mol. The van der Waals surface area contributed by atoms with Gasteiger partial charge in [0.2, 0.25) is 5.91 Å². The van der Waals surface area contributed by atoms with Gasteiger partial charge in [-0.1, -0.05) is 78.9 Å². The monoisotopic (exact) mass is 436 g/mol. The van der Waals surface area contributed by atoms with Crippen molar-refractivity contribution in [1.29, 1.82) is 0 Å². The third-order valence-electron chi connectivity index (χ3n) is 6.82. The molecule has 0 aliphatic carbocycles. The summed E-state index contributed by atoms with van der Waals surface area (Å²) in [6.07, 6.45) is 1.37. The van der Waals surface area contributed by atoms with Gasteiger partial charge in [0.15, 0.2) is 0 Å². The lowest BCUT2D eigenvalue weighted by molar-refractivity contribution is -0.126. The normalized spacial score (nSPS) is 15.5. The smallest absolute Gasteiger partial charge is 0.254 e. The summed E-state index contributed by atoms with van der Waals surface area (Å²) in [6, 6.07) is 28.2. The second-order valence-corrected chi connectivity index (χ2v) is 8.89. The molecule has 1 N–H and O–H groups in total. The van der Waals surface area contributed by atoms with E-state index in [1.807, 2.05) is 72.5 Å². The molecule has 1 unspecified atom stereocenters. The summed E-state index contributed by atoms with van der Waals surface area (Å²) >= 11 is 0. The number of fused-ring (bicyclic) bond motifs is 2. The Hall–Kier alpha value is -3.66. The number of nitrogens with zero attached hydrogens (tertiary/aromatic N) is 1. The van der Waals surface area contributed by atoms with Gasteiger partial charge in [-0.05, 0) is 52.9 Å². The largest absolute Gasteiger partial charge is 0.349 e. The van der Waals surface area contributed by atoms with Gasteiger partial charge in [-0.2, -0.15) is 0 Å². The minimum absolute atomic E-state index is 0.0507. The molecule has 166 valence electrons. The molecule has 4 nitrogen and oxygen atoms in total. The van der Waals surface area contributed by atoms with Crippen LogP contribution in [0, 0.1) is 5.92 Å². The molecule has 4 aromatic carbocycles. The SMILES string of the molecule is CC(NC(=O)C1CCN(C(=O)c2cccc3ccccc23)CC1)c1cccc2ccccc12. The first-order valence-electron chi connectivity index (χ1n) is 11.7. The molecule has 0 radical (unpaired) electrons. The molecule has 33 heavy (non-hydrogen) atoms.